The summed E-state index contributed by atoms with van der Waals surface area (Å²) in [4.78, 5) is 30.7. The maximum atomic E-state index is 13.3. The van der Waals surface area contributed by atoms with Crippen molar-refractivity contribution in [1.29, 1.82) is 0 Å². The third-order valence-corrected chi connectivity index (χ3v) is 5.48. The summed E-state index contributed by atoms with van der Waals surface area (Å²) in [7, 11) is 3.03. The summed E-state index contributed by atoms with van der Waals surface area (Å²) in [6.07, 6.45) is 0. The average Bonchev–Trinajstić information content (AvgIpc) is 3.33. The first-order chi connectivity index (χ1) is 13.5. The van der Waals surface area contributed by atoms with Crippen LogP contribution in [0.3, 0.4) is 0 Å². The second-order valence-electron chi connectivity index (χ2n) is 6.46. The van der Waals surface area contributed by atoms with E-state index in [0.29, 0.717) is 30.2 Å². The highest BCUT2D eigenvalue weighted by molar-refractivity contribution is 7.09. The van der Waals surface area contributed by atoms with Gasteiger partial charge in [-0.15, -0.1) is 11.3 Å². The summed E-state index contributed by atoms with van der Waals surface area (Å²) in [5, 5.41) is 5.24. The van der Waals surface area contributed by atoms with Crippen LogP contribution in [0, 0.1) is 5.82 Å². The fourth-order valence-electron chi connectivity index (χ4n) is 3.09. The predicted octanol–water partition coefficient (Wildman–Crippen LogP) is 2.29. The van der Waals surface area contributed by atoms with E-state index in [0.717, 1.165) is 15.0 Å². The Balaban J connectivity index is 1.87. The van der Waals surface area contributed by atoms with Crippen molar-refractivity contribution >= 4 is 28.4 Å². The number of rotatable bonds is 5. The Labute approximate surface area is 163 Å². The van der Waals surface area contributed by atoms with E-state index in [-0.39, 0.29) is 5.82 Å². The van der Waals surface area contributed by atoms with Crippen LogP contribution in [-0.4, -0.2) is 18.7 Å². The molecule has 0 fully saturated rings. The molecule has 0 aliphatic rings. The van der Waals surface area contributed by atoms with Crippen LogP contribution in [0.15, 0.2) is 51.4 Å². The van der Waals surface area contributed by atoms with Gasteiger partial charge in [-0.2, -0.15) is 4.98 Å². The molecule has 0 aliphatic carbocycles. The fourth-order valence-corrected chi connectivity index (χ4v) is 3.73. The first kappa shape index (κ1) is 18.2. The van der Waals surface area contributed by atoms with Gasteiger partial charge in [0, 0.05) is 19.0 Å². The number of anilines is 1. The van der Waals surface area contributed by atoms with Crippen LogP contribution >= 0.6 is 11.3 Å². The SMILES string of the molecule is Cn1c(=O)c2c(nc(NCc3cccs3)n2Cc2ccc(F)cc2)n(C)c1=O. The van der Waals surface area contributed by atoms with Crippen molar-refractivity contribution in [1.82, 2.24) is 18.7 Å². The average molecular weight is 399 g/mol. The first-order valence-electron chi connectivity index (χ1n) is 8.62. The zero-order chi connectivity index (χ0) is 19.8. The normalized spacial score (nSPS) is 11.2. The summed E-state index contributed by atoms with van der Waals surface area (Å²) < 4.78 is 17.4. The van der Waals surface area contributed by atoms with Crippen molar-refractivity contribution < 1.29 is 4.39 Å². The summed E-state index contributed by atoms with van der Waals surface area (Å²) in [6, 6.07) is 10.0. The smallest absolute Gasteiger partial charge is 0.332 e. The van der Waals surface area contributed by atoms with Crippen LogP contribution in [-0.2, 0) is 27.2 Å². The van der Waals surface area contributed by atoms with Crippen LogP contribution in [0.5, 0.6) is 0 Å². The molecule has 0 radical (unpaired) electrons. The molecule has 0 atom stereocenters. The highest BCUT2D eigenvalue weighted by Crippen LogP contribution is 2.19. The number of nitrogens with zero attached hydrogens (tertiary/aromatic N) is 4. The molecule has 1 aromatic carbocycles. The number of aromatic nitrogens is 4. The molecule has 0 saturated heterocycles. The molecule has 0 unspecified atom stereocenters. The molecule has 0 saturated carbocycles. The van der Waals surface area contributed by atoms with Gasteiger partial charge in [-0.05, 0) is 29.1 Å². The van der Waals surface area contributed by atoms with Gasteiger partial charge in [-0.3, -0.25) is 18.5 Å². The Bertz CT molecular complexity index is 1250. The number of aryl methyl sites for hydroxylation is 1. The maximum absolute atomic E-state index is 13.3. The zero-order valence-corrected chi connectivity index (χ0v) is 16.2. The third-order valence-electron chi connectivity index (χ3n) is 4.60. The van der Waals surface area contributed by atoms with E-state index in [2.05, 4.69) is 10.3 Å². The van der Waals surface area contributed by atoms with Gasteiger partial charge >= 0.3 is 5.69 Å². The lowest BCUT2D eigenvalue weighted by molar-refractivity contribution is 0.626. The summed E-state index contributed by atoms with van der Waals surface area (Å²) in [6.45, 7) is 0.857. The van der Waals surface area contributed by atoms with Crippen molar-refractivity contribution in [2.45, 2.75) is 13.1 Å². The van der Waals surface area contributed by atoms with Crippen molar-refractivity contribution in [2.75, 3.05) is 5.32 Å². The minimum Gasteiger partial charge on any atom is -0.351 e. The lowest BCUT2D eigenvalue weighted by atomic mass is 10.2. The molecule has 0 spiro atoms. The summed E-state index contributed by atoms with van der Waals surface area (Å²) >= 11 is 1.61. The lowest BCUT2D eigenvalue weighted by Gasteiger charge is -2.11. The third kappa shape index (κ3) is 3.13. The van der Waals surface area contributed by atoms with E-state index in [9.17, 15) is 14.0 Å². The van der Waals surface area contributed by atoms with Gasteiger partial charge in [0.05, 0.1) is 13.1 Å². The monoisotopic (exact) mass is 399 g/mol. The topological polar surface area (TPSA) is 73.8 Å². The molecule has 0 aliphatic heterocycles. The molecule has 0 bridgehead atoms. The van der Waals surface area contributed by atoms with Crippen LogP contribution in [0.4, 0.5) is 10.3 Å². The van der Waals surface area contributed by atoms with Crippen LogP contribution in [0.1, 0.15) is 10.4 Å². The molecule has 7 nitrogen and oxygen atoms in total. The van der Waals surface area contributed by atoms with Crippen molar-refractivity contribution in [3.8, 4) is 0 Å². The minimum absolute atomic E-state index is 0.309. The van der Waals surface area contributed by atoms with Gasteiger partial charge in [-0.1, -0.05) is 18.2 Å². The van der Waals surface area contributed by atoms with Gasteiger partial charge in [0.25, 0.3) is 5.56 Å². The van der Waals surface area contributed by atoms with Gasteiger partial charge in [-0.25, -0.2) is 9.18 Å². The summed E-state index contributed by atoms with van der Waals surface area (Å²) in [5.41, 5.74) is 0.591. The zero-order valence-electron chi connectivity index (χ0n) is 15.3. The molecular weight excluding hydrogens is 381 g/mol. The van der Waals surface area contributed by atoms with Gasteiger partial charge in [0.2, 0.25) is 5.95 Å². The Hall–Kier alpha value is -3.20. The van der Waals surface area contributed by atoms with Gasteiger partial charge < -0.3 is 5.32 Å². The predicted molar refractivity (Wildman–Crippen MR) is 107 cm³/mol. The molecule has 4 rings (SSSR count). The minimum atomic E-state index is -0.436. The van der Waals surface area contributed by atoms with Crippen LogP contribution in [0.2, 0.25) is 0 Å². The Morgan fingerprint density at radius 2 is 1.86 bits per heavy atom. The highest BCUT2D eigenvalue weighted by Gasteiger charge is 2.19. The van der Waals surface area contributed by atoms with E-state index in [4.69, 9.17) is 0 Å². The molecule has 9 heteroatoms. The molecule has 144 valence electrons. The van der Waals surface area contributed by atoms with E-state index < -0.39 is 11.2 Å². The molecule has 0 amide bonds. The van der Waals surface area contributed by atoms with Crippen molar-refractivity contribution in [3.63, 3.8) is 0 Å². The van der Waals surface area contributed by atoms with Crippen molar-refractivity contribution in [3.05, 3.63) is 78.9 Å². The fraction of sp³-hybridized carbons (Fsp3) is 0.211. The molecule has 4 aromatic rings. The quantitative estimate of drug-likeness (QED) is 0.559. The Morgan fingerprint density at radius 1 is 1.11 bits per heavy atom. The highest BCUT2D eigenvalue weighted by atomic mass is 32.1. The molecule has 1 N–H and O–H groups in total. The van der Waals surface area contributed by atoms with Gasteiger partial charge in [0.15, 0.2) is 11.2 Å². The molecule has 28 heavy (non-hydrogen) atoms. The van der Waals surface area contributed by atoms with E-state index >= 15 is 0 Å². The number of hydrogen-bond acceptors (Lipinski definition) is 5. The number of fused-ring (bicyclic) bond motifs is 1. The number of nitrogens with one attached hydrogen (secondary N) is 1. The molecule has 3 heterocycles. The number of hydrogen-bond donors (Lipinski definition) is 1. The summed E-state index contributed by atoms with van der Waals surface area (Å²) in [5.74, 6) is 0.152. The number of imidazole rings is 1. The molecule has 3 aromatic heterocycles. The van der Waals surface area contributed by atoms with Crippen molar-refractivity contribution in [2.24, 2.45) is 14.1 Å². The number of benzene rings is 1. The maximum Gasteiger partial charge on any atom is 0.332 e. The first-order valence-corrected chi connectivity index (χ1v) is 9.50. The van der Waals surface area contributed by atoms with Gasteiger partial charge in [0.1, 0.15) is 5.82 Å². The number of halogens is 1. The Morgan fingerprint density at radius 3 is 2.54 bits per heavy atom. The lowest BCUT2D eigenvalue weighted by Crippen LogP contribution is -2.37. The molecular formula is C19H18FN5O2S. The van der Waals surface area contributed by atoms with E-state index in [1.807, 2.05) is 17.5 Å². The largest absolute Gasteiger partial charge is 0.351 e. The number of thiophene rings is 1. The van der Waals surface area contributed by atoms with E-state index in [1.54, 1.807) is 35.1 Å². The van der Waals surface area contributed by atoms with Crippen LogP contribution < -0.4 is 16.6 Å². The van der Waals surface area contributed by atoms with Crippen LogP contribution in [0.25, 0.3) is 11.2 Å². The van der Waals surface area contributed by atoms with E-state index in [1.165, 1.54) is 23.7 Å². The standard InChI is InChI=1S/C19H18FN5O2S/c1-23-16-15(17(26)24(2)19(23)27)25(11-12-5-7-13(20)8-6-12)18(22-16)21-10-14-4-3-9-28-14/h3-9H,10-11H2,1-2H3,(H,21,22). The Kier molecular flexibility index (Phi) is 4.60. The second-order valence-corrected chi connectivity index (χ2v) is 7.49. The second kappa shape index (κ2) is 7.08.